The molecule has 1 unspecified atom stereocenters. The van der Waals surface area contributed by atoms with Crippen LogP contribution in [0.25, 0.3) is 0 Å². The second kappa shape index (κ2) is 7.43. The number of amides is 2. The van der Waals surface area contributed by atoms with Gasteiger partial charge in [-0.05, 0) is 32.7 Å². The first-order chi connectivity index (χ1) is 8.15. The summed E-state index contributed by atoms with van der Waals surface area (Å²) in [5.74, 6) is 0.0133. The molecule has 1 fully saturated rings. The number of hydrogen-bond donors (Lipinski definition) is 1. The van der Waals surface area contributed by atoms with Crippen molar-refractivity contribution in [1.29, 1.82) is 0 Å². The van der Waals surface area contributed by atoms with Crippen molar-refractivity contribution in [1.82, 2.24) is 10.2 Å². The van der Waals surface area contributed by atoms with Crippen LogP contribution in [0.1, 0.15) is 52.4 Å². The van der Waals surface area contributed by atoms with Gasteiger partial charge in [-0.25, -0.2) is 0 Å². The second-order valence-corrected chi connectivity index (χ2v) is 4.79. The van der Waals surface area contributed by atoms with E-state index in [0.29, 0.717) is 25.4 Å². The highest BCUT2D eigenvalue weighted by Crippen LogP contribution is 2.13. The highest BCUT2D eigenvalue weighted by Gasteiger charge is 2.27. The Labute approximate surface area is 104 Å². The van der Waals surface area contributed by atoms with Crippen LogP contribution in [0, 0.1) is 0 Å². The summed E-state index contributed by atoms with van der Waals surface area (Å²) in [7, 11) is 0. The molecule has 4 heteroatoms. The van der Waals surface area contributed by atoms with E-state index in [1.165, 1.54) is 4.90 Å². The maximum Gasteiger partial charge on any atom is 0.229 e. The molecule has 0 saturated carbocycles. The monoisotopic (exact) mass is 240 g/mol. The Morgan fingerprint density at radius 2 is 1.88 bits per heavy atom. The van der Waals surface area contributed by atoms with Crippen LogP contribution in [-0.2, 0) is 9.59 Å². The number of unbranched alkanes of at least 4 members (excludes halogenated alkanes) is 1. The Morgan fingerprint density at radius 3 is 2.47 bits per heavy atom. The Balaban J connectivity index is 2.07. The molecule has 17 heavy (non-hydrogen) atoms. The summed E-state index contributed by atoms with van der Waals surface area (Å²) in [6, 6.07) is 0.528. The first-order valence-corrected chi connectivity index (χ1v) is 6.71. The molecular formula is C13H24N2O2. The third-order valence-electron chi connectivity index (χ3n) is 3.17. The average Bonchev–Trinajstić information content (AvgIpc) is 2.62. The Morgan fingerprint density at radius 1 is 1.24 bits per heavy atom. The fourth-order valence-corrected chi connectivity index (χ4v) is 2.09. The number of hydrogen-bond acceptors (Lipinski definition) is 3. The Bertz CT molecular complexity index is 250. The highest BCUT2D eigenvalue weighted by molar-refractivity contribution is 6.01. The maximum absolute atomic E-state index is 11.3. The van der Waals surface area contributed by atoms with Crippen molar-refractivity contribution in [3.8, 4) is 0 Å². The van der Waals surface area contributed by atoms with Gasteiger partial charge >= 0.3 is 0 Å². The molecule has 0 spiro atoms. The zero-order valence-corrected chi connectivity index (χ0v) is 11.0. The van der Waals surface area contributed by atoms with Gasteiger partial charge in [0.2, 0.25) is 11.8 Å². The van der Waals surface area contributed by atoms with Gasteiger partial charge in [-0.15, -0.1) is 0 Å². The molecule has 0 aromatic rings. The van der Waals surface area contributed by atoms with Gasteiger partial charge in [0, 0.05) is 25.4 Å². The van der Waals surface area contributed by atoms with E-state index in [4.69, 9.17) is 0 Å². The highest BCUT2D eigenvalue weighted by atomic mass is 16.2. The van der Waals surface area contributed by atoms with E-state index in [1.807, 2.05) is 0 Å². The molecule has 1 rings (SSSR count). The van der Waals surface area contributed by atoms with Crippen LogP contribution in [0.3, 0.4) is 0 Å². The molecule has 1 saturated heterocycles. The molecule has 4 nitrogen and oxygen atoms in total. The molecule has 98 valence electrons. The van der Waals surface area contributed by atoms with E-state index < -0.39 is 0 Å². The minimum Gasteiger partial charge on any atom is -0.314 e. The predicted molar refractivity (Wildman–Crippen MR) is 67.6 cm³/mol. The van der Waals surface area contributed by atoms with Crippen LogP contribution in [0.4, 0.5) is 0 Å². The second-order valence-electron chi connectivity index (χ2n) is 4.79. The van der Waals surface area contributed by atoms with Crippen LogP contribution in [-0.4, -0.2) is 35.8 Å². The first kappa shape index (κ1) is 14.2. The van der Waals surface area contributed by atoms with Crippen molar-refractivity contribution >= 4 is 11.8 Å². The van der Waals surface area contributed by atoms with Gasteiger partial charge < -0.3 is 5.32 Å². The zero-order valence-electron chi connectivity index (χ0n) is 11.0. The third kappa shape index (κ3) is 4.86. The van der Waals surface area contributed by atoms with Crippen molar-refractivity contribution in [3.05, 3.63) is 0 Å². The lowest BCUT2D eigenvalue weighted by Gasteiger charge is -2.15. The van der Waals surface area contributed by atoms with E-state index in [9.17, 15) is 9.59 Å². The summed E-state index contributed by atoms with van der Waals surface area (Å²) in [6.45, 7) is 6.01. The van der Waals surface area contributed by atoms with Gasteiger partial charge in [-0.3, -0.25) is 14.5 Å². The van der Waals surface area contributed by atoms with Gasteiger partial charge in [-0.2, -0.15) is 0 Å². The summed E-state index contributed by atoms with van der Waals surface area (Å²) in [5, 5.41) is 3.43. The van der Waals surface area contributed by atoms with Crippen LogP contribution in [0.2, 0.25) is 0 Å². The Kier molecular flexibility index (Phi) is 6.19. The number of imide groups is 1. The molecule has 1 aliphatic rings. The molecule has 0 aromatic heterocycles. The molecule has 0 aromatic carbocycles. The average molecular weight is 240 g/mol. The third-order valence-corrected chi connectivity index (χ3v) is 3.17. The lowest BCUT2D eigenvalue weighted by molar-refractivity contribution is -0.138. The molecule has 0 radical (unpaired) electrons. The van der Waals surface area contributed by atoms with Crippen molar-refractivity contribution in [2.45, 2.75) is 58.4 Å². The fraction of sp³-hybridized carbons (Fsp3) is 0.846. The smallest absolute Gasteiger partial charge is 0.229 e. The lowest BCUT2D eigenvalue weighted by atomic mass is 10.1. The molecule has 1 heterocycles. The van der Waals surface area contributed by atoms with E-state index in [1.54, 1.807) is 0 Å². The Hall–Kier alpha value is -0.900. The van der Waals surface area contributed by atoms with Crippen molar-refractivity contribution < 1.29 is 9.59 Å². The summed E-state index contributed by atoms with van der Waals surface area (Å²) >= 11 is 0. The van der Waals surface area contributed by atoms with Gasteiger partial charge in [0.1, 0.15) is 0 Å². The van der Waals surface area contributed by atoms with E-state index >= 15 is 0 Å². The molecule has 1 N–H and O–H groups in total. The number of carbonyl (C=O) groups is 2. The fourth-order valence-electron chi connectivity index (χ4n) is 2.09. The van der Waals surface area contributed by atoms with Crippen LogP contribution in [0.15, 0.2) is 0 Å². The molecule has 0 bridgehead atoms. The van der Waals surface area contributed by atoms with E-state index in [0.717, 1.165) is 32.2 Å². The predicted octanol–water partition coefficient (Wildman–Crippen LogP) is 1.69. The maximum atomic E-state index is 11.3. The molecule has 1 aliphatic heterocycles. The molecule has 2 amide bonds. The van der Waals surface area contributed by atoms with Crippen molar-refractivity contribution in [3.63, 3.8) is 0 Å². The van der Waals surface area contributed by atoms with Crippen LogP contribution in [0.5, 0.6) is 0 Å². The largest absolute Gasteiger partial charge is 0.314 e. The van der Waals surface area contributed by atoms with Gasteiger partial charge in [0.25, 0.3) is 0 Å². The molecule has 0 aliphatic carbocycles. The van der Waals surface area contributed by atoms with Crippen LogP contribution >= 0.6 is 0 Å². The van der Waals surface area contributed by atoms with E-state index in [2.05, 4.69) is 19.2 Å². The number of carbonyl (C=O) groups excluding carboxylic acids is 2. The number of likely N-dealkylation sites (tertiary alicyclic amines) is 1. The summed E-state index contributed by atoms with van der Waals surface area (Å²) in [5.41, 5.74) is 0. The summed E-state index contributed by atoms with van der Waals surface area (Å²) < 4.78 is 0. The SMILES string of the molecule is CCCNC(C)CCCCN1C(=O)CCC1=O. The van der Waals surface area contributed by atoms with Gasteiger partial charge in [0.15, 0.2) is 0 Å². The van der Waals surface area contributed by atoms with Gasteiger partial charge in [0.05, 0.1) is 0 Å². The number of nitrogens with one attached hydrogen (secondary N) is 1. The minimum atomic E-state index is 0.00663. The van der Waals surface area contributed by atoms with Crippen molar-refractivity contribution in [2.75, 3.05) is 13.1 Å². The van der Waals surface area contributed by atoms with E-state index in [-0.39, 0.29) is 11.8 Å². The minimum absolute atomic E-state index is 0.00663. The number of rotatable bonds is 8. The number of nitrogens with zero attached hydrogens (tertiary/aromatic N) is 1. The molecule has 1 atom stereocenters. The first-order valence-electron chi connectivity index (χ1n) is 6.71. The van der Waals surface area contributed by atoms with Crippen LogP contribution < -0.4 is 5.32 Å². The normalized spacial score (nSPS) is 17.9. The lowest BCUT2D eigenvalue weighted by Crippen LogP contribution is -2.30. The summed E-state index contributed by atoms with van der Waals surface area (Å²) in [6.07, 6.45) is 5.07. The quantitative estimate of drug-likeness (QED) is 0.519. The topological polar surface area (TPSA) is 49.4 Å². The van der Waals surface area contributed by atoms with Crippen molar-refractivity contribution in [2.24, 2.45) is 0 Å². The van der Waals surface area contributed by atoms with Gasteiger partial charge in [-0.1, -0.05) is 13.3 Å². The zero-order chi connectivity index (χ0) is 12.7. The standard InChI is InChI=1S/C13H24N2O2/c1-3-9-14-11(2)6-4-5-10-15-12(16)7-8-13(15)17/h11,14H,3-10H2,1-2H3. The summed E-state index contributed by atoms with van der Waals surface area (Å²) in [4.78, 5) is 24.1. The molecular weight excluding hydrogens is 216 g/mol.